The number of benzene rings is 1. The molecule has 1 amide bonds. The van der Waals surface area contributed by atoms with Crippen molar-refractivity contribution in [2.45, 2.75) is 26.3 Å². The van der Waals surface area contributed by atoms with Gasteiger partial charge < -0.3 is 10.4 Å². The molecule has 1 aromatic heterocycles. The Morgan fingerprint density at radius 1 is 1.23 bits per heavy atom. The van der Waals surface area contributed by atoms with E-state index in [1.165, 1.54) is 0 Å². The van der Waals surface area contributed by atoms with Gasteiger partial charge in [0.15, 0.2) is 0 Å². The zero-order valence-electron chi connectivity index (χ0n) is 12.5. The predicted molar refractivity (Wildman–Crippen MR) is 84.7 cm³/mol. The number of nitrogens with zero attached hydrogens (tertiary/aromatic N) is 1. The number of rotatable bonds is 5. The zero-order chi connectivity index (χ0) is 16.1. The zero-order valence-corrected chi connectivity index (χ0v) is 12.5. The summed E-state index contributed by atoms with van der Waals surface area (Å²) >= 11 is 0. The number of carboxylic acids is 1. The van der Waals surface area contributed by atoms with Crippen LogP contribution in [0, 0.1) is 0 Å². The van der Waals surface area contributed by atoms with Crippen molar-refractivity contribution in [2.24, 2.45) is 0 Å². The summed E-state index contributed by atoms with van der Waals surface area (Å²) in [5.41, 5.74) is 1.91. The monoisotopic (exact) mass is 298 g/mol. The lowest BCUT2D eigenvalue weighted by molar-refractivity contribution is -0.139. The molecule has 0 aliphatic heterocycles. The number of carbonyl (C=O) groups is 2. The number of pyridine rings is 1. The van der Waals surface area contributed by atoms with E-state index >= 15 is 0 Å². The highest BCUT2D eigenvalue weighted by molar-refractivity contribution is 5.97. The van der Waals surface area contributed by atoms with E-state index in [2.05, 4.69) is 10.3 Å². The fraction of sp³-hybridized carbons (Fsp3) is 0.235. The van der Waals surface area contributed by atoms with Gasteiger partial charge in [0, 0.05) is 5.39 Å². The molecule has 2 N–H and O–H groups in total. The lowest BCUT2D eigenvalue weighted by atomic mass is 10.1. The Bertz CT molecular complexity index is 734. The minimum Gasteiger partial charge on any atom is -0.480 e. The van der Waals surface area contributed by atoms with Crippen LogP contribution in [0.4, 0.5) is 0 Å². The Labute approximate surface area is 128 Å². The van der Waals surface area contributed by atoms with Gasteiger partial charge in [-0.25, -0.2) is 9.78 Å². The van der Waals surface area contributed by atoms with E-state index in [-0.39, 0.29) is 12.1 Å². The second-order valence-electron chi connectivity index (χ2n) is 5.27. The maximum Gasteiger partial charge on any atom is 0.326 e. The standard InChI is InChI=1S/C17H18N2O3/c1-11(2)7-9-15(17(21)22)19-16(20)14-10-8-12-5-3-4-6-13(12)18-14/h3-8,10,15H,9H2,1-2H3,(H,19,20)(H,21,22)/t15-/m1/s1. The summed E-state index contributed by atoms with van der Waals surface area (Å²) < 4.78 is 0. The summed E-state index contributed by atoms with van der Waals surface area (Å²) in [6, 6.07) is 9.87. The number of para-hydroxylation sites is 1. The van der Waals surface area contributed by atoms with Crippen LogP contribution in [0.2, 0.25) is 0 Å². The van der Waals surface area contributed by atoms with Crippen LogP contribution in [0.15, 0.2) is 48.0 Å². The molecule has 1 atom stereocenters. The van der Waals surface area contributed by atoms with Gasteiger partial charge in [0.25, 0.3) is 5.91 Å². The second-order valence-corrected chi connectivity index (χ2v) is 5.27. The molecule has 2 rings (SSSR count). The van der Waals surface area contributed by atoms with Gasteiger partial charge in [0.2, 0.25) is 0 Å². The van der Waals surface area contributed by atoms with Crippen molar-refractivity contribution in [3.05, 3.63) is 53.7 Å². The Hall–Kier alpha value is -2.69. The average Bonchev–Trinajstić information content (AvgIpc) is 2.50. The van der Waals surface area contributed by atoms with Crippen molar-refractivity contribution in [1.29, 1.82) is 0 Å². The number of fused-ring (bicyclic) bond motifs is 1. The van der Waals surface area contributed by atoms with Gasteiger partial charge in [-0.15, -0.1) is 0 Å². The molecule has 0 saturated heterocycles. The van der Waals surface area contributed by atoms with Gasteiger partial charge in [-0.2, -0.15) is 0 Å². The highest BCUT2D eigenvalue weighted by atomic mass is 16.4. The van der Waals surface area contributed by atoms with Crippen LogP contribution < -0.4 is 5.32 Å². The fourth-order valence-corrected chi connectivity index (χ4v) is 2.00. The molecule has 0 radical (unpaired) electrons. The number of nitrogens with one attached hydrogen (secondary N) is 1. The van der Waals surface area contributed by atoms with Crippen molar-refractivity contribution in [3.63, 3.8) is 0 Å². The first-order chi connectivity index (χ1) is 10.5. The Morgan fingerprint density at radius 2 is 1.95 bits per heavy atom. The largest absolute Gasteiger partial charge is 0.480 e. The van der Waals surface area contributed by atoms with Crippen LogP contribution in [0.25, 0.3) is 10.9 Å². The summed E-state index contributed by atoms with van der Waals surface area (Å²) in [6.45, 7) is 3.76. The number of hydrogen-bond donors (Lipinski definition) is 2. The summed E-state index contributed by atoms with van der Waals surface area (Å²) in [5, 5.41) is 12.6. The van der Waals surface area contributed by atoms with Gasteiger partial charge in [0.05, 0.1) is 5.52 Å². The van der Waals surface area contributed by atoms with Crippen molar-refractivity contribution >= 4 is 22.8 Å². The molecule has 0 bridgehead atoms. The first-order valence-electron chi connectivity index (χ1n) is 7.00. The van der Waals surface area contributed by atoms with E-state index in [1.807, 2.05) is 38.1 Å². The molecule has 5 nitrogen and oxygen atoms in total. The summed E-state index contributed by atoms with van der Waals surface area (Å²) in [6.07, 6.45) is 2.03. The van der Waals surface area contributed by atoms with E-state index in [0.717, 1.165) is 11.0 Å². The number of carbonyl (C=O) groups excluding carboxylic acids is 1. The Balaban J connectivity index is 2.17. The fourth-order valence-electron chi connectivity index (χ4n) is 2.00. The van der Waals surface area contributed by atoms with Crippen LogP contribution in [0.5, 0.6) is 0 Å². The molecule has 0 aliphatic carbocycles. The third-order valence-electron chi connectivity index (χ3n) is 3.20. The van der Waals surface area contributed by atoms with Crippen LogP contribution in [0.3, 0.4) is 0 Å². The van der Waals surface area contributed by atoms with E-state index in [9.17, 15) is 14.7 Å². The second kappa shape index (κ2) is 6.85. The third kappa shape index (κ3) is 3.91. The number of allylic oxidation sites excluding steroid dienone is 1. The summed E-state index contributed by atoms with van der Waals surface area (Å²) in [7, 11) is 0. The van der Waals surface area contributed by atoms with Gasteiger partial charge in [-0.05, 0) is 32.4 Å². The summed E-state index contributed by atoms with van der Waals surface area (Å²) in [5.74, 6) is -1.55. The topological polar surface area (TPSA) is 79.3 Å². The van der Waals surface area contributed by atoms with Crippen molar-refractivity contribution in [1.82, 2.24) is 10.3 Å². The number of amides is 1. The smallest absolute Gasteiger partial charge is 0.326 e. The van der Waals surface area contributed by atoms with Crippen molar-refractivity contribution in [2.75, 3.05) is 0 Å². The maximum absolute atomic E-state index is 12.2. The van der Waals surface area contributed by atoms with Crippen LogP contribution in [0.1, 0.15) is 30.8 Å². The molecule has 22 heavy (non-hydrogen) atoms. The van der Waals surface area contributed by atoms with Crippen molar-refractivity contribution in [3.8, 4) is 0 Å². The van der Waals surface area contributed by atoms with Gasteiger partial charge >= 0.3 is 5.97 Å². The third-order valence-corrected chi connectivity index (χ3v) is 3.20. The van der Waals surface area contributed by atoms with Gasteiger partial charge in [0.1, 0.15) is 11.7 Å². The molecule has 5 heteroatoms. The molecule has 0 saturated carbocycles. The minimum absolute atomic E-state index is 0.210. The van der Waals surface area contributed by atoms with Crippen molar-refractivity contribution < 1.29 is 14.7 Å². The first-order valence-corrected chi connectivity index (χ1v) is 7.00. The van der Waals surface area contributed by atoms with Crippen LogP contribution in [-0.2, 0) is 4.79 Å². The van der Waals surface area contributed by atoms with E-state index in [1.54, 1.807) is 18.2 Å². The predicted octanol–water partition coefficient (Wildman–Crippen LogP) is 2.77. The Morgan fingerprint density at radius 3 is 2.64 bits per heavy atom. The normalized spacial score (nSPS) is 11.7. The van der Waals surface area contributed by atoms with E-state index in [0.29, 0.717) is 5.52 Å². The van der Waals surface area contributed by atoms with E-state index < -0.39 is 17.9 Å². The van der Waals surface area contributed by atoms with Crippen LogP contribution >= 0.6 is 0 Å². The van der Waals surface area contributed by atoms with Crippen LogP contribution in [-0.4, -0.2) is 28.0 Å². The molecule has 1 aromatic carbocycles. The molecule has 114 valence electrons. The molecule has 0 spiro atoms. The van der Waals surface area contributed by atoms with Gasteiger partial charge in [-0.1, -0.05) is 35.9 Å². The highest BCUT2D eigenvalue weighted by Gasteiger charge is 2.20. The molecule has 2 aromatic rings. The molecular formula is C17H18N2O3. The quantitative estimate of drug-likeness (QED) is 0.832. The number of hydrogen-bond acceptors (Lipinski definition) is 3. The maximum atomic E-state index is 12.2. The average molecular weight is 298 g/mol. The highest BCUT2D eigenvalue weighted by Crippen LogP contribution is 2.12. The number of aromatic nitrogens is 1. The molecule has 0 fully saturated rings. The SMILES string of the molecule is CC(C)=CC[C@@H](NC(=O)c1ccc2ccccc2n1)C(=O)O. The lowest BCUT2D eigenvalue weighted by Gasteiger charge is -2.13. The molecule has 0 unspecified atom stereocenters. The van der Waals surface area contributed by atoms with Gasteiger partial charge in [-0.3, -0.25) is 4.79 Å². The molecular weight excluding hydrogens is 280 g/mol. The number of aliphatic carboxylic acids is 1. The Kier molecular flexibility index (Phi) is 4.88. The number of carboxylic acid groups (broad SMARTS) is 1. The summed E-state index contributed by atoms with van der Waals surface area (Å²) in [4.78, 5) is 27.7. The minimum atomic E-state index is -1.06. The molecule has 0 aliphatic rings. The first kappa shape index (κ1) is 15.7. The molecule has 1 heterocycles. The van der Waals surface area contributed by atoms with E-state index in [4.69, 9.17) is 0 Å². The lowest BCUT2D eigenvalue weighted by Crippen LogP contribution is -2.40.